The normalized spacial score (nSPS) is 10.8. The topological polar surface area (TPSA) is 80.9 Å². The van der Waals surface area contributed by atoms with E-state index in [1.807, 2.05) is 0 Å². The van der Waals surface area contributed by atoms with Crippen molar-refractivity contribution in [2.75, 3.05) is 0 Å². The van der Waals surface area contributed by atoms with Gasteiger partial charge in [-0.15, -0.1) is 0 Å². The zero-order valence-corrected chi connectivity index (χ0v) is 13.2. The Kier molecular flexibility index (Phi) is 6.15. The Hall–Kier alpha value is -2.36. The standard InChI is InChI=1S/C19H24O4/c20-16-8-14(9-17(21)12-16)6-4-2-1-3-5-7-15-10-18(22)13-19(23)11-15/h8-13,20-23H,1-7H2. The monoisotopic (exact) mass is 316 g/mol. The lowest BCUT2D eigenvalue weighted by Gasteiger charge is -2.05. The summed E-state index contributed by atoms with van der Waals surface area (Å²) in [6.45, 7) is 0. The van der Waals surface area contributed by atoms with E-state index in [0.29, 0.717) is 0 Å². The van der Waals surface area contributed by atoms with Crippen molar-refractivity contribution in [3.8, 4) is 23.0 Å². The van der Waals surface area contributed by atoms with Gasteiger partial charge in [-0.1, -0.05) is 19.3 Å². The summed E-state index contributed by atoms with van der Waals surface area (Å²) in [5, 5.41) is 37.7. The fourth-order valence-corrected chi connectivity index (χ4v) is 2.79. The number of hydrogen-bond donors (Lipinski definition) is 4. The second-order valence-corrected chi connectivity index (χ2v) is 5.98. The van der Waals surface area contributed by atoms with Crippen molar-refractivity contribution < 1.29 is 20.4 Å². The molecule has 2 aromatic carbocycles. The number of benzene rings is 2. The molecule has 0 unspecified atom stereocenters. The molecule has 0 fully saturated rings. The van der Waals surface area contributed by atoms with Crippen molar-refractivity contribution in [3.05, 3.63) is 47.5 Å². The van der Waals surface area contributed by atoms with E-state index < -0.39 is 0 Å². The van der Waals surface area contributed by atoms with Crippen molar-refractivity contribution in [2.45, 2.75) is 44.9 Å². The van der Waals surface area contributed by atoms with Gasteiger partial charge in [-0.05, 0) is 61.1 Å². The smallest absolute Gasteiger partial charge is 0.119 e. The molecule has 0 heterocycles. The maximum atomic E-state index is 9.42. The van der Waals surface area contributed by atoms with E-state index >= 15 is 0 Å². The summed E-state index contributed by atoms with van der Waals surface area (Å²) in [7, 11) is 0. The summed E-state index contributed by atoms with van der Waals surface area (Å²) >= 11 is 0. The molecular weight excluding hydrogens is 292 g/mol. The number of aryl methyl sites for hydroxylation is 2. The fraction of sp³-hybridized carbons (Fsp3) is 0.368. The van der Waals surface area contributed by atoms with Crippen LogP contribution in [0.5, 0.6) is 23.0 Å². The number of rotatable bonds is 8. The van der Waals surface area contributed by atoms with Crippen LogP contribution >= 0.6 is 0 Å². The van der Waals surface area contributed by atoms with Crippen LogP contribution in [0.2, 0.25) is 0 Å². The quantitative estimate of drug-likeness (QED) is 0.549. The average molecular weight is 316 g/mol. The van der Waals surface area contributed by atoms with Crippen molar-refractivity contribution in [3.63, 3.8) is 0 Å². The van der Waals surface area contributed by atoms with Crippen LogP contribution in [-0.2, 0) is 12.8 Å². The third-order valence-corrected chi connectivity index (χ3v) is 3.86. The zero-order valence-electron chi connectivity index (χ0n) is 13.2. The zero-order chi connectivity index (χ0) is 16.7. The number of unbranched alkanes of at least 4 members (excludes halogenated alkanes) is 4. The third kappa shape index (κ3) is 6.10. The average Bonchev–Trinajstić information content (AvgIpc) is 2.44. The van der Waals surface area contributed by atoms with E-state index in [0.717, 1.165) is 56.1 Å². The lowest BCUT2D eigenvalue weighted by Crippen LogP contribution is -1.88. The van der Waals surface area contributed by atoms with Crippen LogP contribution in [0.3, 0.4) is 0 Å². The highest BCUT2D eigenvalue weighted by Crippen LogP contribution is 2.23. The van der Waals surface area contributed by atoms with Gasteiger partial charge in [0.2, 0.25) is 0 Å². The van der Waals surface area contributed by atoms with Crippen LogP contribution in [0.15, 0.2) is 36.4 Å². The maximum Gasteiger partial charge on any atom is 0.119 e. The lowest BCUT2D eigenvalue weighted by molar-refractivity contribution is 0.448. The molecule has 0 spiro atoms. The largest absolute Gasteiger partial charge is 0.508 e. The minimum Gasteiger partial charge on any atom is -0.508 e. The first-order chi connectivity index (χ1) is 11.0. The van der Waals surface area contributed by atoms with Crippen LogP contribution in [0.1, 0.15) is 43.2 Å². The first-order valence-electron chi connectivity index (χ1n) is 8.07. The summed E-state index contributed by atoms with van der Waals surface area (Å²) in [5.74, 6) is 0.424. The molecule has 0 saturated heterocycles. The Morgan fingerprint density at radius 3 is 1.09 bits per heavy atom. The highest BCUT2D eigenvalue weighted by molar-refractivity contribution is 5.37. The van der Waals surface area contributed by atoms with Crippen molar-refractivity contribution in [1.29, 1.82) is 0 Å². The Balaban J connectivity index is 1.60. The third-order valence-electron chi connectivity index (χ3n) is 3.86. The second kappa shape index (κ2) is 8.32. The molecule has 4 N–H and O–H groups in total. The molecular formula is C19H24O4. The lowest BCUT2D eigenvalue weighted by atomic mass is 10.0. The Bertz CT molecular complexity index is 541. The van der Waals surface area contributed by atoms with Gasteiger partial charge in [0, 0.05) is 12.1 Å². The Morgan fingerprint density at radius 1 is 0.435 bits per heavy atom. The molecule has 2 rings (SSSR count). The van der Waals surface area contributed by atoms with Gasteiger partial charge >= 0.3 is 0 Å². The van der Waals surface area contributed by atoms with E-state index in [2.05, 4.69) is 0 Å². The van der Waals surface area contributed by atoms with Gasteiger partial charge in [-0.2, -0.15) is 0 Å². The van der Waals surface area contributed by atoms with Crippen LogP contribution in [-0.4, -0.2) is 20.4 Å². The molecule has 0 aliphatic carbocycles. The van der Waals surface area contributed by atoms with E-state index in [-0.39, 0.29) is 23.0 Å². The van der Waals surface area contributed by atoms with Crippen molar-refractivity contribution >= 4 is 0 Å². The molecule has 4 heteroatoms. The number of phenols is 4. The molecule has 0 atom stereocenters. The number of hydrogen-bond acceptors (Lipinski definition) is 4. The molecule has 0 saturated carbocycles. The van der Waals surface area contributed by atoms with E-state index in [1.165, 1.54) is 12.1 Å². The molecule has 0 radical (unpaired) electrons. The highest BCUT2D eigenvalue weighted by atomic mass is 16.3. The summed E-state index contributed by atoms with van der Waals surface area (Å²) in [5.41, 5.74) is 1.91. The first-order valence-corrected chi connectivity index (χ1v) is 8.07. The molecule has 124 valence electrons. The van der Waals surface area contributed by atoms with E-state index in [4.69, 9.17) is 0 Å². The van der Waals surface area contributed by atoms with Gasteiger partial charge in [0.15, 0.2) is 0 Å². The van der Waals surface area contributed by atoms with E-state index in [9.17, 15) is 20.4 Å². The van der Waals surface area contributed by atoms with Crippen LogP contribution < -0.4 is 0 Å². The molecule has 23 heavy (non-hydrogen) atoms. The van der Waals surface area contributed by atoms with Gasteiger partial charge in [0.1, 0.15) is 23.0 Å². The van der Waals surface area contributed by atoms with Gasteiger partial charge in [-0.25, -0.2) is 0 Å². The second-order valence-electron chi connectivity index (χ2n) is 5.98. The van der Waals surface area contributed by atoms with Crippen LogP contribution in [0.4, 0.5) is 0 Å². The minimum absolute atomic E-state index is 0.106. The van der Waals surface area contributed by atoms with Gasteiger partial charge in [-0.3, -0.25) is 0 Å². The van der Waals surface area contributed by atoms with Gasteiger partial charge in [0.05, 0.1) is 0 Å². The summed E-state index contributed by atoms with van der Waals surface area (Å²) in [6.07, 6.45) is 7.06. The predicted molar refractivity (Wildman–Crippen MR) is 90.0 cm³/mol. The SMILES string of the molecule is Oc1cc(O)cc(CCCCCCCc2cc(O)cc(O)c2)c1. The maximum absolute atomic E-state index is 9.42. The molecule has 0 aliphatic rings. The van der Waals surface area contributed by atoms with Crippen molar-refractivity contribution in [1.82, 2.24) is 0 Å². The van der Waals surface area contributed by atoms with Gasteiger partial charge < -0.3 is 20.4 Å². The Morgan fingerprint density at radius 2 is 0.739 bits per heavy atom. The summed E-state index contributed by atoms with van der Waals surface area (Å²) < 4.78 is 0. The number of aromatic hydroxyl groups is 4. The molecule has 0 aliphatic heterocycles. The minimum atomic E-state index is 0.106. The molecule has 4 nitrogen and oxygen atoms in total. The molecule has 0 aromatic heterocycles. The molecule has 0 amide bonds. The Labute approximate surface area is 136 Å². The summed E-state index contributed by atoms with van der Waals surface area (Å²) in [6, 6.07) is 9.43. The summed E-state index contributed by atoms with van der Waals surface area (Å²) in [4.78, 5) is 0. The van der Waals surface area contributed by atoms with Crippen LogP contribution in [0, 0.1) is 0 Å². The predicted octanol–water partition coefficient (Wildman–Crippen LogP) is 4.24. The first kappa shape index (κ1) is 17.0. The highest BCUT2D eigenvalue weighted by Gasteiger charge is 2.01. The fourth-order valence-electron chi connectivity index (χ4n) is 2.79. The van der Waals surface area contributed by atoms with Crippen LogP contribution in [0.25, 0.3) is 0 Å². The molecule has 0 bridgehead atoms. The van der Waals surface area contributed by atoms with Crippen molar-refractivity contribution in [2.24, 2.45) is 0 Å². The van der Waals surface area contributed by atoms with E-state index in [1.54, 1.807) is 24.3 Å². The number of phenolic OH excluding ortho intramolecular Hbond substituents is 4. The molecule has 2 aromatic rings. The van der Waals surface area contributed by atoms with Gasteiger partial charge in [0.25, 0.3) is 0 Å².